The summed E-state index contributed by atoms with van der Waals surface area (Å²) in [6.45, 7) is 1.76. The molecule has 0 aliphatic heterocycles. The van der Waals surface area contributed by atoms with E-state index in [2.05, 4.69) is 41.0 Å². The summed E-state index contributed by atoms with van der Waals surface area (Å²) in [5.74, 6) is 0.972. The lowest BCUT2D eigenvalue weighted by atomic mass is 10.1. The molecule has 0 spiro atoms. The summed E-state index contributed by atoms with van der Waals surface area (Å²) >= 11 is 1.80. The van der Waals surface area contributed by atoms with Crippen molar-refractivity contribution in [3.63, 3.8) is 0 Å². The predicted octanol–water partition coefficient (Wildman–Crippen LogP) is 3.33. The maximum absolute atomic E-state index is 5.73. The van der Waals surface area contributed by atoms with Gasteiger partial charge in [0, 0.05) is 11.3 Å². The number of hydrogen-bond donors (Lipinski definition) is 1. The van der Waals surface area contributed by atoms with Crippen LogP contribution in [0.25, 0.3) is 0 Å². The van der Waals surface area contributed by atoms with E-state index >= 15 is 0 Å². The Balaban J connectivity index is 1.88. The van der Waals surface area contributed by atoms with Gasteiger partial charge in [-0.15, -0.1) is 11.3 Å². The van der Waals surface area contributed by atoms with Crippen molar-refractivity contribution in [1.82, 2.24) is 5.32 Å². The Morgan fingerprint density at radius 1 is 1.22 bits per heavy atom. The van der Waals surface area contributed by atoms with Crippen LogP contribution in [0.4, 0.5) is 0 Å². The molecular weight excluding hydrogens is 242 g/mol. The molecule has 0 unspecified atom stereocenters. The average molecular weight is 261 g/mol. The fourth-order valence-electron chi connectivity index (χ4n) is 1.80. The second-order valence-electron chi connectivity index (χ2n) is 4.21. The maximum atomic E-state index is 5.73. The van der Waals surface area contributed by atoms with Gasteiger partial charge in [-0.3, -0.25) is 0 Å². The van der Waals surface area contributed by atoms with Crippen LogP contribution in [0.15, 0.2) is 41.8 Å². The lowest BCUT2D eigenvalue weighted by Crippen LogP contribution is -2.11. The van der Waals surface area contributed by atoms with Gasteiger partial charge in [0.25, 0.3) is 0 Å². The van der Waals surface area contributed by atoms with Crippen LogP contribution in [-0.2, 0) is 6.42 Å². The van der Waals surface area contributed by atoms with Crippen molar-refractivity contribution in [1.29, 1.82) is 0 Å². The van der Waals surface area contributed by atoms with E-state index in [1.165, 1.54) is 10.4 Å². The molecule has 2 aromatic rings. The van der Waals surface area contributed by atoms with Gasteiger partial charge >= 0.3 is 0 Å². The number of nitrogens with one attached hydrogen (secondary N) is 1. The largest absolute Gasteiger partial charge is 0.494 e. The van der Waals surface area contributed by atoms with Gasteiger partial charge < -0.3 is 10.1 Å². The van der Waals surface area contributed by atoms with Crippen LogP contribution in [0.5, 0.6) is 5.75 Å². The van der Waals surface area contributed by atoms with Crippen LogP contribution >= 0.6 is 11.3 Å². The summed E-state index contributed by atoms with van der Waals surface area (Å²) in [5.41, 5.74) is 1.31. The zero-order valence-corrected chi connectivity index (χ0v) is 11.5. The second-order valence-corrected chi connectivity index (χ2v) is 5.24. The molecule has 3 heteroatoms. The molecule has 2 rings (SSSR count). The van der Waals surface area contributed by atoms with Crippen molar-refractivity contribution in [2.75, 3.05) is 20.2 Å². The quantitative estimate of drug-likeness (QED) is 0.772. The Morgan fingerprint density at radius 2 is 2.17 bits per heavy atom. The number of ether oxygens (including phenoxy) is 1. The van der Waals surface area contributed by atoms with E-state index in [1.54, 1.807) is 11.3 Å². The van der Waals surface area contributed by atoms with E-state index in [0.717, 1.165) is 31.7 Å². The van der Waals surface area contributed by atoms with E-state index in [9.17, 15) is 0 Å². The van der Waals surface area contributed by atoms with Crippen molar-refractivity contribution >= 4 is 11.3 Å². The van der Waals surface area contributed by atoms with Crippen molar-refractivity contribution < 1.29 is 4.74 Å². The van der Waals surface area contributed by atoms with Crippen LogP contribution in [-0.4, -0.2) is 20.2 Å². The molecule has 0 saturated carbocycles. The van der Waals surface area contributed by atoms with Gasteiger partial charge in [-0.25, -0.2) is 0 Å². The number of hydrogen-bond acceptors (Lipinski definition) is 3. The topological polar surface area (TPSA) is 21.3 Å². The highest BCUT2D eigenvalue weighted by Crippen LogP contribution is 2.19. The van der Waals surface area contributed by atoms with Gasteiger partial charge in [0.1, 0.15) is 5.75 Å². The third-order valence-corrected chi connectivity index (χ3v) is 3.57. The first-order valence-electron chi connectivity index (χ1n) is 6.27. The summed E-state index contributed by atoms with van der Waals surface area (Å²) < 4.78 is 5.73. The van der Waals surface area contributed by atoms with Crippen molar-refractivity contribution in [2.24, 2.45) is 0 Å². The third kappa shape index (κ3) is 4.17. The number of benzene rings is 1. The van der Waals surface area contributed by atoms with Gasteiger partial charge in [-0.1, -0.05) is 18.2 Å². The highest BCUT2D eigenvalue weighted by atomic mass is 32.1. The van der Waals surface area contributed by atoms with E-state index < -0.39 is 0 Å². The van der Waals surface area contributed by atoms with E-state index in [4.69, 9.17) is 4.74 Å². The van der Waals surface area contributed by atoms with Crippen molar-refractivity contribution in [3.05, 3.63) is 52.2 Å². The summed E-state index contributed by atoms with van der Waals surface area (Å²) in [5, 5.41) is 5.23. The number of thiophene rings is 1. The first-order chi connectivity index (χ1) is 8.88. The highest BCUT2D eigenvalue weighted by Gasteiger charge is 1.99. The summed E-state index contributed by atoms with van der Waals surface area (Å²) in [4.78, 5) is 1.39. The van der Waals surface area contributed by atoms with E-state index in [0.29, 0.717) is 0 Å². The normalized spacial score (nSPS) is 10.5. The molecule has 0 fully saturated rings. The fourth-order valence-corrected chi connectivity index (χ4v) is 2.54. The standard InChI is InChI=1S/C15H19NOS/c1-16-8-4-9-17-14-6-2-5-13(11-14)12-15-7-3-10-18-15/h2-3,5-7,10-11,16H,4,8-9,12H2,1H3. The zero-order valence-electron chi connectivity index (χ0n) is 10.7. The molecule has 1 aromatic heterocycles. The maximum Gasteiger partial charge on any atom is 0.119 e. The Morgan fingerprint density at radius 3 is 2.94 bits per heavy atom. The lowest BCUT2D eigenvalue weighted by molar-refractivity contribution is 0.309. The third-order valence-electron chi connectivity index (χ3n) is 2.70. The summed E-state index contributed by atoms with van der Waals surface area (Å²) in [7, 11) is 1.96. The molecule has 18 heavy (non-hydrogen) atoms. The highest BCUT2D eigenvalue weighted by molar-refractivity contribution is 7.09. The Kier molecular flexibility index (Phi) is 5.24. The van der Waals surface area contributed by atoms with Gasteiger partial charge in [0.2, 0.25) is 0 Å². The molecule has 0 aliphatic rings. The molecule has 0 saturated heterocycles. The van der Waals surface area contributed by atoms with Gasteiger partial charge in [-0.05, 0) is 49.2 Å². The smallest absolute Gasteiger partial charge is 0.119 e. The minimum absolute atomic E-state index is 0.767. The van der Waals surface area contributed by atoms with Gasteiger partial charge in [0.15, 0.2) is 0 Å². The van der Waals surface area contributed by atoms with E-state index in [-0.39, 0.29) is 0 Å². The van der Waals surface area contributed by atoms with Gasteiger partial charge in [-0.2, -0.15) is 0 Å². The Bertz CT molecular complexity index is 453. The monoisotopic (exact) mass is 261 g/mol. The Hall–Kier alpha value is -1.32. The van der Waals surface area contributed by atoms with E-state index in [1.807, 2.05) is 13.1 Å². The van der Waals surface area contributed by atoms with Crippen LogP contribution in [0, 0.1) is 0 Å². The molecule has 0 bridgehead atoms. The zero-order chi connectivity index (χ0) is 12.6. The summed E-state index contributed by atoms with van der Waals surface area (Å²) in [6.07, 6.45) is 2.02. The molecule has 1 heterocycles. The minimum Gasteiger partial charge on any atom is -0.494 e. The first-order valence-corrected chi connectivity index (χ1v) is 7.15. The molecule has 1 N–H and O–H groups in total. The molecule has 2 nitrogen and oxygen atoms in total. The fraction of sp³-hybridized carbons (Fsp3) is 0.333. The second kappa shape index (κ2) is 7.19. The first kappa shape index (κ1) is 13.1. The predicted molar refractivity (Wildman–Crippen MR) is 77.6 cm³/mol. The molecule has 0 radical (unpaired) electrons. The lowest BCUT2D eigenvalue weighted by Gasteiger charge is -2.07. The molecule has 0 atom stereocenters. The summed E-state index contributed by atoms with van der Waals surface area (Å²) in [6, 6.07) is 12.6. The van der Waals surface area contributed by atoms with Crippen LogP contribution in [0.3, 0.4) is 0 Å². The van der Waals surface area contributed by atoms with Crippen molar-refractivity contribution in [3.8, 4) is 5.75 Å². The molecule has 96 valence electrons. The molecule has 0 amide bonds. The molecular formula is C15H19NOS. The van der Waals surface area contributed by atoms with Crippen LogP contribution in [0.1, 0.15) is 16.9 Å². The SMILES string of the molecule is CNCCCOc1cccc(Cc2cccs2)c1. The molecule has 0 aliphatic carbocycles. The number of rotatable bonds is 7. The van der Waals surface area contributed by atoms with Gasteiger partial charge in [0.05, 0.1) is 6.61 Å². The average Bonchev–Trinajstić information content (AvgIpc) is 2.88. The minimum atomic E-state index is 0.767. The van der Waals surface area contributed by atoms with Crippen LogP contribution in [0.2, 0.25) is 0 Å². The van der Waals surface area contributed by atoms with Crippen molar-refractivity contribution in [2.45, 2.75) is 12.8 Å². The molecule has 1 aromatic carbocycles. The van der Waals surface area contributed by atoms with Crippen LogP contribution < -0.4 is 10.1 Å². The Labute approximate surface area is 113 Å².